The number of benzene rings is 2. The Bertz CT molecular complexity index is 745. The number of nitrogens with zero attached hydrogens (tertiary/aromatic N) is 2. The SMILES string of the molecule is CC1C(=O)N(c2ccccc2F)CCN1Cc1c(F)cccc1F. The zero-order valence-electron chi connectivity index (χ0n) is 13.2. The predicted octanol–water partition coefficient (Wildman–Crippen LogP) is 3.34. The molecule has 0 aliphatic carbocycles. The number of rotatable bonds is 3. The van der Waals surface area contributed by atoms with Gasteiger partial charge in [-0.3, -0.25) is 9.69 Å². The monoisotopic (exact) mass is 334 g/mol. The molecule has 0 spiro atoms. The number of para-hydroxylation sites is 1. The summed E-state index contributed by atoms with van der Waals surface area (Å²) in [5.74, 6) is -2.02. The molecule has 0 aromatic heterocycles. The van der Waals surface area contributed by atoms with Crippen molar-refractivity contribution < 1.29 is 18.0 Å². The van der Waals surface area contributed by atoms with Crippen molar-refractivity contribution >= 4 is 11.6 Å². The molecule has 24 heavy (non-hydrogen) atoms. The van der Waals surface area contributed by atoms with Crippen molar-refractivity contribution in [2.24, 2.45) is 0 Å². The molecule has 1 heterocycles. The van der Waals surface area contributed by atoms with Crippen LogP contribution in [0.1, 0.15) is 12.5 Å². The highest BCUT2D eigenvalue weighted by Crippen LogP contribution is 2.25. The van der Waals surface area contributed by atoms with Gasteiger partial charge in [-0.1, -0.05) is 18.2 Å². The van der Waals surface area contributed by atoms with Gasteiger partial charge in [-0.2, -0.15) is 0 Å². The fourth-order valence-electron chi connectivity index (χ4n) is 2.93. The average Bonchev–Trinajstić information content (AvgIpc) is 2.56. The van der Waals surface area contributed by atoms with Crippen molar-refractivity contribution in [2.45, 2.75) is 19.5 Å². The van der Waals surface area contributed by atoms with Crippen LogP contribution in [0.5, 0.6) is 0 Å². The van der Waals surface area contributed by atoms with E-state index in [1.807, 2.05) is 0 Å². The summed E-state index contributed by atoms with van der Waals surface area (Å²) in [6.07, 6.45) is 0. The fourth-order valence-corrected chi connectivity index (χ4v) is 2.93. The van der Waals surface area contributed by atoms with E-state index in [1.165, 1.54) is 29.2 Å². The second kappa shape index (κ2) is 6.65. The molecule has 2 aromatic rings. The van der Waals surface area contributed by atoms with E-state index in [2.05, 4.69) is 0 Å². The van der Waals surface area contributed by atoms with Crippen molar-refractivity contribution in [3.63, 3.8) is 0 Å². The van der Waals surface area contributed by atoms with Gasteiger partial charge in [0.05, 0.1) is 11.7 Å². The van der Waals surface area contributed by atoms with Crippen LogP contribution >= 0.6 is 0 Å². The van der Waals surface area contributed by atoms with Gasteiger partial charge < -0.3 is 4.90 Å². The van der Waals surface area contributed by atoms with E-state index >= 15 is 0 Å². The van der Waals surface area contributed by atoms with E-state index in [-0.39, 0.29) is 30.2 Å². The summed E-state index contributed by atoms with van der Waals surface area (Å²) in [5.41, 5.74) is 0.169. The molecule has 1 atom stereocenters. The predicted molar refractivity (Wildman–Crippen MR) is 85.0 cm³/mol. The van der Waals surface area contributed by atoms with E-state index < -0.39 is 23.5 Å². The maximum Gasteiger partial charge on any atom is 0.244 e. The Kier molecular flexibility index (Phi) is 4.57. The summed E-state index contributed by atoms with van der Waals surface area (Å²) < 4.78 is 41.5. The largest absolute Gasteiger partial charge is 0.307 e. The number of hydrogen-bond acceptors (Lipinski definition) is 2. The van der Waals surface area contributed by atoms with Crippen molar-refractivity contribution in [3.8, 4) is 0 Å². The molecule has 0 saturated carbocycles. The molecular weight excluding hydrogens is 317 g/mol. The standard InChI is InChI=1S/C18H17F3N2O/c1-12-18(24)23(17-8-3-2-5-16(17)21)10-9-22(12)11-13-14(19)6-4-7-15(13)20/h2-8,12H,9-11H2,1H3. The van der Waals surface area contributed by atoms with Gasteiger partial charge in [0.2, 0.25) is 5.91 Å². The molecule has 1 saturated heterocycles. The number of carbonyl (C=O) groups excluding carboxylic acids is 1. The molecule has 0 radical (unpaired) electrons. The Morgan fingerprint density at radius 2 is 1.58 bits per heavy atom. The lowest BCUT2D eigenvalue weighted by Gasteiger charge is -2.39. The van der Waals surface area contributed by atoms with Gasteiger partial charge in [-0.25, -0.2) is 13.2 Å². The van der Waals surface area contributed by atoms with Crippen LogP contribution in [0.25, 0.3) is 0 Å². The van der Waals surface area contributed by atoms with E-state index in [1.54, 1.807) is 30.0 Å². The van der Waals surface area contributed by atoms with Crippen LogP contribution in [-0.2, 0) is 11.3 Å². The molecule has 3 rings (SSSR count). The zero-order valence-corrected chi connectivity index (χ0v) is 13.2. The first-order chi connectivity index (χ1) is 11.5. The third-order valence-corrected chi connectivity index (χ3v) is 4.35. The normalized spacial score (nSPS) is 18.9. The van der Waals surface area contributed by atoms with Gasteiger partial charge in [-0.15, -0.1) is 0 Å². The van der Waals surface area contributed by atoms with Gasteiger partial charge in [-0.05, 0) is 31.2 Å². The molecule has 1 fully saturated rings. The molecule has 2 aromatic carbocycles. The van der Waals surface area contributed by atoms with Crippen molar-refractivity contribution in [2.75, 3.05) is 18.0 Å². The summed E-state index contributed by atoms with van der Waals surface area (Å²) in [7, 11) is 0. The maximum atomic E-state index is 13.9. The molecule has 1 aliphatic heterocycles. The molecule has 1 unspecified atom stereocenters. The Morgan fingerprint density at radius 1 is 0.958 bits per heavy atom. The second-order valence-corrected chi connectivity index (χ2v) is 5.79. The lowest BCUT2D eigenvalue weighted by atomic mass is 10.1. The summed E-state index contributed by atoms with van der Waals surface area (Å²) in [6.45, 7) is 2.32. The summed E-state index contributed by atoms with van der Waals surface area (Å²) in [6, 6.07) is 9.17. The number of halogens is 3. The Morgan fingerprint density at radius 3 is 2.25 bits per heavy atom. The van der Waals surface area contributed by atoms with Gasteiger partial charge in [0.25, 0.3) is 0 Å². The molecule has 3 nitrogen and oxygen atoms in total. The first-order valence-electron chi connectivity index (χ1n) is 7.72. The Labute approximate surface area is 138 Å². The quantitative estimate of drug-likeness (QED) is 0.859. The summed E-state index contributed by atoms with van der Waals surface area (Å²) in [4.78, 5) is 15.7. The van der Waals surface area contributed by atoms with E-state index in [4.69, 9.17) is 0 Å². The Hall–Kier alpha value is -2.34. The van der Waals surface area contributed by atoms with Crippen LogP contribution in [0.2, 0.25) is 0 Å². The van der Waals surface area contributed by atoms with Crippen LogP contribution in [0.4, 0.5) is 18.9 Å². The first kappa shape index (κ1) is 16.5. The minimum absolute atomic E-state index is 0.00345. The highest BCUT2D eigenvalue weighted by Gasteiger charge is 2.33. The summed E-state index contributed by atoms with van der Waals surface area (Å²) >= 11 is 0. The first-order valence-corrected chi connectivity index (χ1v) is 7.72. The average molecular weight is 334 g/mol. The van der Waals surface area contributed by atoms with Crippen molar-refractivity contribution in [1.29, 1.82) is 0 Å². The molecule has 0 bridgehead atoms. The van der Waals surface area contributed by atoms with E-state index in [0.29, 0.717) is 6.54 Å². The van der Waals surface area contributed by atoms with Crippen molar-refractivity contribution in [3.05, 3.63) is 65.5 Å². The maximum absolute atomic E-state index is 13.9. The van der Waals surface area contributed by atoms with Gasteiger partial charge in [0, 0.05) is 25.2 Å². The van der Waals surface area contributed by atoms with Crippen LogP contribution in [0.3, 0.4) is 0 Å². The molecule has 126 valence electrons. The summed E-state index contributed by atoms with van der Waals surface area (Å²) in [5, 5.41) is 0. The molecule has 6 heteroatoms. The third-order valence-electron chi connectivity index (χ3n) is 4.35. The number of carbonyl (C=O) groups is 1. The molecule has 0 N–H and O–H groups in total. The lowest BCUT2D eigenvalue weighted by molar-refractivity contribution is -0.125. The molecular formula is C18H17F3N2O. The van der Waals surface area contributed by atoms with Crippen LogP contribution in [-0.4, -0.2) is 29.9 Å². The number of anilines is 1. The topological polar surface area (TPSA) is 23.6 Å². The molecule has 1 aliphatic rings. The van der Waals surface area contributed by atoms with Gasteiger partial charge >= 0.3 is 0 Å². The van der Waals surface area contributed by atoms with E-state index in [9.17, 15) is 18.0 Å². The number of piperazine rings is 1. The number of hydrogen-bond donors (Lipinski definition) is 0. The van der Waals surface area contributed by atoms with Crippen LogP contribution in [0.15, 0.2) is 42.5 Å². The van der Waals surface area contributed by atoms with Gasteiger partial charge in [0.15, 0.2) is 0 Å². The third kappa shape index (κ3) is 3.01. The van der Waals surface area contributed by atoms with Gasteiger partial charge in [0.1, 0.15) is 17.5 Å². The Balaban J connectivity index is 1.79. The highest BCUT2D eigenvalue weighted by atomic mass is 19.1. The molecule has 1 amide bonds. The van der Waals surface area contributed by atoms with Crippen LogP contribution in [0, 0.1) is 17.5 Å². The van der Waals surface area contributed by atoms with Crippen LogP contribution < -0.4 is 4.90 Å². The minimum atomic E-state index is -0.633. The fraction of sp³-hybridized carbons (Fsp3) is 0.278. The lowest BCUT2D eigenvalue weighted by Crippen LogP contribution is -2.55. The number of amides is 1. The van der Waals surface area contributed by atoms with E-state index in [0.717, 1.165) is 0 Å². The highest BCUT2D eigenvalue weighted by molar-refractivity contribution is 5.97. The minimum Gasteiger partial charge on any atom is -0.307 e. The zero-order chi connectivity index (χ0) is 17.3. The second-order valence-electron chi connectivity index (χ2n) is 5.79. The smallest absolute Gasteiger partial charge is 0.244 e. The van der Waals surface area contributed by atoms with Crippen molar-refractivity contribution in [1.82, 2.24) is 4.90 Å².